The fourth-order valence-corrected chi connectivity index (χ4v) is 2.82. The van der Waals surface area contributed by atoms with Crippen molar-refractivity contribution in [3.05, 3.63) is 58.6 Å². The minimum atomic E-state index is -3.31. The molecule has 2 aromatic rings. The zero-order valence-electron chi connectivity index (χ0n) is 12.3. The molecule has 0 aliphatic heterocycles. The number of hydrogen-bond donors (Lipinski definition) is 3. The van der Waals surface area contributed by atoms with Crippen LogP contribution in [-0.4, -0.2) is 20.6 Å². The van der Waals surface area contributed by atoms with E-state index in [1.165, 1.54) is 0 Å². The van der Waals surface area contributed by atoms with Crippen LogP contribution >= 0.6 is 11.6 Å². The SMILES string of the molecule is CS(=O)(=O)Nc1cccc(CNc2ccc(C(N)=O)c(Cl)c2)c1. The number of anilines is 2. The van der Waals surface area contributed by atoms with E-state index in [2.05, 4.69) is 10.0 Å². The number of rotatable bonds is 6. The van der Waals surface area contributed by atoms with Crippen LogP contribution in [0.4, 0.5) is 11.4 Å². The number of sulfonamides is 1. The van der Waals surface area contributed by atoms with Crippen molar-refractivity contribution in [2.75, 3.05) is 16.3 Å². The third kappa shape index (κ3) is 5.15. The molecule has 0 atom stereocenters. The molecule has 0 aromatic heterocycles. The van der Waals surface area contributed by atoms with Crippen LogP contribution < -0.4 is 15.8 Å². The van der Waals surface area contributed by atoms with Gasteiger partial charge in [-0.05, 0) is 35.9 Å². The summed E-state index contributed by atoms with van der Waals surface area (Å²) in [5.74, 6) is -0.582. The van der Waals surface area contributed by atoms with Crippen molar-refractivity contribution in [1.29, 1.82) is 0 Å². The summed E-state index contributed by atoms with van der Waals surface area (Å²) in [5, 5.41) is 3.42. The van der Waals surface area contributed by atoms with Crippen molar-refractivity contribution < 1.29 is 13.2 Å². The molecule has 0 heterocycles. The van der Waals surface area contributed by atoms with E-state index in [1.807, 2.05) is 6.07 Å². The van der Waals surface area contributed by atoms with Crippen LogP contribution in [0.1, 0.15) is 15.9 Å². The van der Waals surface area contributed by atoms with Gasteiger partial charge in [0.2, 0.25) is 15.9 Å². The van der Waals surface area contributed by atoms with E-state index in [9.17, 15) is 13.2 Å². The minimum absolute atomic E-state index is 0.261. The number of halogens is 1. The number of carbonyl (C=O) groups is 1. The lowest BCUT2D eigenvalue weighted by Gasteiger charge is -2.10. The zero-order valence-corrected chi connectivity index (χ0v) is 13.9. The predicted octanol–water partition coefficient (Wildman–Crippen LogP) is 2.42. The molecule has 122 valence electrons. The summed E-state index contributed by atoms with van der Waals surface area (Å²) < 4.78 is 24.9. The first kappa shape index (κ1) is 17.1. The summed E-state index contributed by atoms with van der Waals surface area (Å²) in [6.07, 6.45) is 1.10. The molecule has 4 N–H and O–H groups in total. The normalized spacial score (nSPS) is 11.0. The second-order valence-corrected chi connectivity index (χ2v) is 7.14. The summed E-state index contributed by atoms with van der Waals surface area (Å²) in [6.45, 7) is 0.464. The predicted molar refractivity (Wildman–Crippen MR) is 92.2 cm³/mol. The Bertz CT molecular complexity index is 838. The Morgan fingerprint density at radius 3 is 2.52 bits per heavy atom. The van der Waals surface area contributed by atoms with Crippen molar-refractivity contribution in [3.8, 4) is 0 Å². The highest BCUT2D eigenvalue weighted by Crippen LogP contribution is 2.21. The average Bonchev–Trinajstić information content (AvgIpc) is 2.43. The van der Waals surface area contributed by atoms with Gasteiger partial charge in [0.05, 0.1) is 16.8 Å². The van der Waals surface area contributed by atoms with Gasteiger partial charge in [-0.2, -0.15) is 0 Å². The quantitative estimate of drug-likeness (QED) is 0.742. The second kappa shape index (κ2) is 6.89. The molecule has 0 unspecified atom stereocenters. The van der Waals surface area contributed by atoms with Gasteiger partial charge < -0.3 is 11.1 Å². The van der Waals surface area contributed by atoms with E-state index in [-0.39, 0.29) is 10.6 Å². The number of nitrogens with two attached hydrogens (primary N) is 1. The van der Waals surface area contributed by atoms with Gasteiger partial charge in [0, 0.05) is 17.9 Å². The van der Waals surface area contributed by atoms with Gasteiger partial charge in [-0.1, -0.05) is 23.7 Å². The Hall–Kier alpha value is -2.25. The Morgan fingerprint density at radius 1 is 1.17 bits per heavy atom. The van der Waals surface area contributed by atoms with Crippen molar-refractivity contribution >= 4 is 38.9 Å². The van der Waals surface area contributed by atoms with Crippen molar-refractivity contribution in [2.24, 2.45) is 5.73 Å². The first-order chi connectivity index (χ1) is 10.7. The Balaban J connectivity index is 2.08. The number of amides is 1. The van der Waals surface area contributed by atoms with E-state index in [0.29, 0.717) is 12.2 Å². The molecule has 0 fully saturated rings. The largest absolute Gasteiger partial charge is 0.381 e. The molecule has 0 spiro atoms. The Morgan fingerprint density at radius 2 is 1.91 bits per heavy atom. The van der Waals surface area contributed by atoms with Gasteiger partial charge in [0.15, 0.2) is 0 Å². The molecule has 8 heteroatoms. The number of nitrogens with one attached hydrogen (secondary N) is 2. The lowest BCUT2D eigenvalue weighted by Crippen LogP contribution is -2.12. The summed E-state index contributed by atoms with van der Waals surface area (Å²) in [7, 11) is -3.31. The highest BCUT2D eigenvalue weighted by molar-refractivity contribution is 7.92. The second-order valence-electron chi connectivity index (χ2n) is 4.99. The Labute approximate surface area is 139 Å². The fourth-order valence-electron chi connectivity index (χ4n) is 1.99. The molecule has 0 bridgehead atoms. The van der Waals surface area contributed by atoms with Crippen LogP contribution in [0.5, 0.6) is 0 Å². The van der Waals surface area contributed by atoms with Gasteiger partial charge in [-0.15, -0.1) is 0 Å². The maximum atomic E-state index is 11.2. The number of primary amides is 1. The van der Waals surface area contributed by atoms with Crippen molar-refractivity contribution in [3.63, 3.8) is 0 Å². The van der Waals surface area contributed by atoms with Crippen LogP contribution in [0.3, 0.4) is 0 Å². The zero-order chi connectivity index (χ0) is 17.0. The van der Waals surface area contributed by atoms with Gasteiger partial charge in [-0.25, -0.2) is 8.42 Å². The molecule has 0 aliphatic carbocycles. The Kier molecular flexibility index (Phi) is 5.12. The van der Waals surface area contributed by atoms with Crippen LogP contribution in [0.15, 0.2) is 42.5 Å². The van der Waals surface area contributed by atoms with E-state index < -0.39 is 15.9 Å². The molecule has 0 radical (unpaired) electrons. The molecule has 6 nitrogen and oxygen atoms in total. The molecule has 0 saturated carbocycles. The first-order valence-corrected chi connectivity index (χ1v) is 8.91. The highest BCUT2D eigenvalue weighted by atomic mass is 35.5. The number of hydrogen-bond acceptors (Lipinski definition) is 4. The van der Waals surface area contributed by atoms with E-state index in [0.717, 1.165) is 17.5 Å². The molecule has 2 aromatic carbocycles. The van der Waals surface area contributed by atoms with Crippen LogP contribution in [0.2, 0.25) is 5.02 Å². The summed E-state index contributed by atoms with van der Waals surface area (Å²) in [6, 6.07) is 11.9. The lowest BCUT2D eigenvalue weighted by atomic mass is 10.1. The van der Waals surface area contributed by atoms with E-state index in [1.54, 1.807) is 36.4 Å². The van der Waals surface area contributed by atoms with Crippen LogP contribution in [0.25, 0.3) is 0 Å². The number of benzene rings is 2. The molecular weight excluding hydrogens is 338 g/mol. The van der Waals surface area contributed by atoms with E-state index in [4.69, 9.17) is 17.3 Å². The van der Waals surface area contributed by atoms with Crippen molar-refractivity contribution in [2.45, 2.75) is 6.54 Å². The highest BCUT2D eigenvalue weighted by Gasteiger charge is 2.07. The molecule has 2 rings (SSSR count). The lowest BCUT2D eigenvalue weighted by molar-refractivity contribution is 0.100. The van der Waals surface area contributed by atoms with Gasteiger partial charge in [0.25, 0.3) is 0 Å². The number of carbonyl (C=O) groups excluding carboxylic acids is 1. The molecule has 0 aliphatic rings. The van der Waals surface area contributed by atoms with Gasteiger partial charge >= 0.3 is 0 Å². The monoisotopic (exact) mass is 353 g/mol. The topological polar surface area (TPSA) is 101 Å². The molecule has 0 saturated heterocycles. The third-order valence-corrected chi connectivity index (χ3v) is 3.88. The van der Waals surface area contributed by atoms with Crippen molar-refractivity contribution in [1.82, 2.24) is 0 Å². The van der Waals surface area contributed by atoms with Crippen LogP contribution in [0, 0.1) is 0 Å². The maximum Gasteiger partial charge on any atom is 0.250 e. The summed E-state index contributed by atoms with van der Waals surface area (Å²) in [5.41, 5.74) is 7.56. The van der Waals surface area contributed by atoms with Gasteiger partial charge in [0.1, 0.15) is 0 Å². The molecule has 23 heavy (non-hydrogen) atoms. The average molecular weight is 354 g/mol. The third-order valence-electron chi connectivity index (χ3n) is 2.96. The summed E-state index contributed by atoms with van der Waals surface area (Å²) in [4.78, 5) is 11.1. The first-order valence-electron chi connectivity index (χ1n) is 6.64. The molecule has 1 amide bonds. The van der Waals surface area contributed by atoms with Gasteiger partial charge in [-0.3, -0.25) is 9.52 Å². The molecular formula is C15H16ClN3O3S. The minimum Gasteiger partial charge on any atom is -0.381 e. The maximum absolute atomic E-state index is 11.2. The van der Waals surface area contributed by atoms with Crippen LogP contribution in [-0.2, 0) is 16.6 Å². The fraction of sp³-hybridized carbons (Fsp3) is 0.133. The smallest absolute Gasteiger partial charge is 0.250 e. The van der Waals surface area contributed by atoms with E-state index >= 15 is 0 Å². The summed E-state index contributed by atoms with van der Waals surface area (Å²) >= 11 is 5.99. The standard InChI is InChI=1S/C15H16ClN3O3S/c1-23(21,22)19-12-4-2-3-10(7-12)9-18-11-5-6-13(15(17)20)14(16)8-11/h2-8,18-19H,9H2,1H3,(H2,17,20).